The van der Waals surface area contributed by atoms with E-state index in [1.54, 1.807) is 12.4 Å². The van der Waals surface area contributed by atoms with Crippen molar-refractivity contribution >= 4 is 24.0 Å². The second-order valence-electron chi connectivity index (χ2n) is 5.42. The minimum Gasteiger partial charge on any atom is -0.413 e. The Morgan fingerprint density at radius 1 is 1.12 bits per heavy atom. The van der Waals surface area contributed by atoms with Crippen molar-refractivity contribution < 1.29 is 4.42 Å². The summed E-state index contributed by atoms with van der Waals surface area (Å²) in [6.07, 6.45) is 3.52. The third-order valence-corrected chi connectivity index (χ3v) is 4.75. The first-order valence-corrected chi connectivity index (χ1v) is 9.24. The van der Waals surface area contributed by atoms with E-state index >= 15 is 0 Å². The topological polar surface area (TPSA) is 85.4 Å². The molecule has 4 aromatic rings. The smallest absolute Gasteiger partial charge is 0.284 e. The van der Waals surface area contributed by atoms with E-state index in [4.69, 9.17) is 16.6 Å². The number of aromatic amines is 1. The molecule has 1 aromatic carbocycles. The minimum absolute atomic E-state index is 0.266. The maximum absolute atomic E-state index is 5.31. The van der Waals surface area contributed by atoms with Crippen LogP contribution in [0.3, 0.4) is 0 Å². The first kappa shape index (κ1) is 16.7. The molecule has 0 saturated carbocycles. The van der Waals surface area contributed by atoms with Crippen LogP contribution < -0.4 is 0 Å². The molecule has 0 radical (unpaired) electrons. The Kier molecular flexibility index (Phi) is 4.89. The summed E-state index contributed by atoms with van der Waals surface area (Å²) in [5.41, 5.74) is 2.08. The summed E-state index contributed by atoms with van der Waals surface area (Å²) in [6.45, 7) is 0.657. The van der Waals surface area contributed by atoms with Crippen LogP contribution >= 0.6 is 24.0 Å². The average molecular weight is 382 g/mol. The number of aromatic nitrogens is 6. The normalized spacial score (nSPS) is 10.9. The largest absolute Gasteiger partial charge is 0.413 e. The van der Waals surface area contributed by atoms with Gasteiger partial charge >= 0.3 is 0 Å². The summed E-state index contributed by atoms with van der Waals surface area (Å²) >= 11 is 6.40. The van der Waals surface area contributed by atoms with E-state index < -0.39 is 0 Å². The first-order valence-electron chi connectivity index (χ1n) is 7.84. The molecule has 0 bridgehead atoms. The highest BCUT2D eigenvalue weighted by atomic mass is 32.2. The van der Waals surface area contributed by atoms with E-state index in [1.807, 2.05) is 30.3 Å². The van der Waals surface area contributed by atoms with Crippen LogP contribution in [-0.2, 0) is 12.3 Å². The van der Waals surface area contributed by atoms with Crippen LogP contribution in [0.4, 0.5) is 0 Å². The van der Waals surface area contributed by atoms with Crippen LogP contribution in [-0.4, -0.2) is 29.9 Å². The predicted molar refractivity (Wildman–Crippen MR) is 100 cm³/mol. The Bertz CT molecular complexity index is 1040. The molecule has 3 heterocycles. The molecule has 0 fully saturated rings. The maximum atomic E-state index is 5.31. The molecule has 0 amide bonds. The summed E-state index contributed by atoms with van der Waals surface area (Å²) in [7, 11) is 0. The van der Waals surface area contributed by atoms with E-state index in [0.29, 0.717) is 18.2 Å². The van der Waals surface area contributed by atoms with Gasteiger partial charge in [-0.05, 0) is 29.9 Å². The molecule has 0 aliphatic heterocycles. The van der Waals surface area contributed by atoms with Crippen molar-refractivity contribution in [1.29, 1.82) is 0 Å². The van der Waals surface area contributed by atoms with Gasteiger partial charge < -0.3 is 4.42 Å². The van der Waals surface area contributed by atoms with E-state index in [9.17, 15) is 0 Å². The van der Waals surface area contributed by atoms with Crippen molar-refractivity contribution in [3.63, 3.8) is 0 Å². The van der Waals surface area contributed by atoms with E-state index in [1.165, 1.54) is 11.8 Å². The van der Waals surface area contributed by atoms with Crippen molar-refractivity contribution in [3.8, 4) is 11.4 Å². The number of hydrogen-bond acceptors (Lipinski definition) is 7. The fraction of sp³-hybridized carbons (Fsp3) is 0.118. The first-order chi connectivity index (χ1) is 12.8. The van der Waals surface area contributed by atoms with Crippen LogP contribution in [0, 0.1) is 4.84 Å². The van der Waals surface area contributed by atoms with Crippen LogP contribution in [0.1, 0.15) is 11.5 Å². The number of hydrogen-bond donors (Lipinski definition) is 1. The SMILES string of the molecule is S=c1[nH]nc(CSc2nnc(-c3cccnc3)n2Cc2ccccc2)o1. The summed E-state index contributed by atoms with van der Waals surface area (Å²) in [5, 5.41) is 16.2. The Balaban J connectivity index is 1.66. The Hall–Kier alpha value is -2.78. The summed E-state index contributed by atoms with van der Waals surface area (Å²) in [5.74, 6) is 1.80. The average Bonchev–Trinajstić information content (AvgIpc) is 3.28. The zero-order chi connectivity index (χ0) is 17.8. The third kappa shape index (κ3) is 3.73. The zero-order valence-electron chi connectivity index (χ0n) is 13.6. The molecule has 130 valence electrons. The molecular formula is C17H14N6OS2. The van der Waals surface area contributed by atoms with E-state index in [0.717, 1.165) is 22.1 Å². The molecule has 0 unspecified atom stereocenters. The van der Waals surface area contributed by atoms with Gasteiger partial charge in [0.2, 0.25) is 5.89 Å². The second-order valence-corrected chi connectivity index (χ2v) is 6.73. The lowest BCUT2D eigenvalue weighted by molar-refractivity contribution is 0.500. The van der Waals surface area contributed by atoms with Gasteiger partial charge in [0, 0.05) is 18.0 Å². The second kappa shape index (κ2) is 7.63. The van der Waals surface area contributed by atoms with Crippen LogP contribution in [0.2, 0.25) is 0 Å². The van der Waals surface area contributed by atoms with Gasteiger partial charge in [0.05, 0.1) is 12.3 Å². The number of nitrogens with zero attached hydrogens (tertiary/aromatic N) is 5. The highest BCUT2D eigenvalue weighted by Crippen LogP contribution is 2.26. The Labute approximate surface area is 158 Å². The standard InChI is InChI=1S/C17H14N6OS2/c25-17-22-19-14(24-17)11-26-16-21-20-15(13-7-4-8-18-9-13)23(16)10-12-5-2-1-3-6-12/h1-9H,10-11H2,(H,22,25). The van der Waals surface area contributed by atoms with Gasteiger partial charge in [0.25, 0.3) is 4.84 Å². The number of pyridine rings is 1. The number of rotatable bonds is 6. The quantitative estimate of drug-likeness (QED) is 0.402. The number of thioether (sulfide) groups is 1. The van der Waals surface area contributed by atoms with Gasteiger partial charge in [-0.2, -0.15) is 0 Å². The van der Waals surface area contributed by atoms with Crippen molar-refractivity contribution in [2.24, 2.45) is 0 Å². The lowest BCUT2D eigenvalue weighted by Crippen LogP contribution is -2.04. The molecule has 1 N–H and O–H groups in total. The van der Waals surface area contributed by atoms with Crippen LogP contribution in [0.5, 0.6) is 0 Å². The Morgan fingerprint density at radius 2 is 2.00 bits per heavy atom. The van der Waals surface area contributed by atoms with Gasteiger partial charge in [0.15, 0.2) is 11.0 Å². The molecule has 3 aromatic heterocycles. The van der Waals surface area contributed by atoms with Crippen molar-refractivity contribution in [1.82, 2.24) is 29.9 Å². The highest BCUT2D eigenvalue weighted by Gasteiger charge is 2.16. The third-order valence-electron chi connectivity index (χ3n) is 3.63. The van der Waals surface area contributed by atoms with Gasteiger partial charge in [-0.25, -0.2) is 5.10 Å². The van der Waals surface area contributed by atoms with Crippen molar-refractivity contribution in [2.75, 3.05) is 0 Å². The highest BCUT2D eigenvalue weighted by molar-refractivity contribution is 7.98. The summed E-state index contributed by atoms with van der Waals surface area (Å²) < 4.78 is 7.38. The minimum atomic E-state index is 0.266. The zero-order valence-corrected chi connectivity index (χ0v) is 15.2. The molecule has 0 aliphatic carbocycles. The fourth-order valence-corrected chi connectivity index (χ4v) is 3.38. The monoisotopic (exact) mass is 382 g/mol. The predicted octanol–water partition coefficient (Wildman–Crippen LogP) is 3.73. The maximum Gasteiger partial charge on any atom is 0.284 e. The molecule has 4 rings (SSSR count). The number of nitrogens with one attached hydrogen (secondary N) is 1. The van der Waals surface area contributed by atoms with E-state index in [-0.39, 0.29) is 4.84 Å². The molecular weight excluding hydrogens is 368 g/mol. The van der Waals surface area contributed by atoms with Gasteiger partial charge in [-0.3, -0.25) is 9.55 Å². The lowest BCUT2D eigenvalue weighted by Gasteiger charge is -2.10. The lowest BCUT2D eigenvalue weighted by atomic mass is 10.2. The van der Waals surface area contributed by atoms with E-state index in [2.05, 4.69) is 42.1 Å². The van der Waals surface area contributed by atoms with Gasteiger partial charge in [0.1, 0.15) is 0 Å². The van der Waals surface area contributed by atoms with Crippen LogP contribution in [0.25, 0.3) is 11.4 Å². The number of benzene rings is 1. The molecule has 7 nitrogen and oxygen atoms in total. The molecule has 0 saturated heterocycles. The Morgan fingerprint density at radius 3 is 2.73 bits per heavy atom. The summed E-state index contributed by atoms with van der Waals surface area (Å²) in [6, 6.07) is 14.0. The van der Waals surface area contributed by atoms with Crippen molar-refractivity contribution in [3.05, 3.63) is 71.1 Å². The fourth-order valence-electron chi connectivity index (χ4n) is 2.46. The molecule has 9 heteroatoms. The van der Waals surface area contributed by atoms with Gasteiger partial charge in [-0.1, -0.05) is 42.1 Å². The molecule has 26 heavy (non-hydrogen) atoms. The van der Waals surface area contributed by atoms with Crippen molar-refractivity contribution in [2.45, 2.75) is 17.5 Å². The molecule has 0 aliphatic rings. The van der Waals surface area contributed by atoms with Crippen LogP contribution in [0.15, 0.2) is 64.4 Å². The summed E-state index contributed by atoms with van der Waals surface area (Å²) in [4.78, 5) is 4.45. The molecule has 0 spiro atoms. The number of H-pyrrole nitrogens is 1. The molecule has 0 atom stereocenters. The van der Waals surface area contributed by atoms with Gasteiger partial charge in [-0.15, -0.1) is 15.3 Å².